The first-order chi connectivity index (χ1) is 10.1. The first-order valence-electron chi connectivity index (χ1n) is 7.69. The summed E-state index contributed by atoms with van der Waals surface area (Å²) < 4.78 is 27.3. The largest absolute Gasteiger partial charge is 0.392 e. The van der Waals surface area contributed by atoms with Gasteiger partial charge in [0.25, 0.3) is 0 Å². The molecular formula is C16H24F2N2O. The van der Waals surface area contributed by atoms with Crippen molar-refractivity contribution >= 4 is 0 Å². The van der Waals surface area contributed by atoms with Crippen molar-refractivity contribution < 1.29 is 13.9 Å². The average molecular weight is 298 g/mol. The summed E-state index contributed by atoms with van der Waals surface area (Å²) >= 11 is 0. The summed E-state index contributed by atoms with van der Waals surface area (Å²) in [6.07, 6.45) is 2.27. The lowest BCUT2D eigenvalue weighted by atomic mass is 10.0. The molecule has 2 unspecified atom stereocenters. The Morgan fingerprint density at radius 2 is 2.24 bits per heavy atom. The molecule has 0 aromatic heterocycles. The van der Waals surface area contributed by atoms with E-state index in [2.05, 4.69) is 10.2 Å². The molecule has 0 saturated carbocycles. The van der Waals surface area contributed by atoms with Crippen molar-refractivity contribution in [3.63, 3.8) is 0 Å². The van der Waals surface area contributed by atoms with Crippen molar-refractivity contribution in [2.24, 2.45) is 0 Å². The highest BCUT2D eigenvalue weighted by Crippen LogP contribution is 2.23. The van der Waals surface area contributed by atoms with E-state index >= 15 is 0 Å². The average Bonchev–Trinajstić information content (AvgIpc) is 2.47. The second-order valence-electron chi connectivity index (χ2n) is 5.64. The molecule has 3 nitrogen and oxygen atoms in total. The molecule has 2 atom stereocenters. The smallest absolute Gasteiger partial charge is 0.163 e. The standard InChI is InChI=1S/C16H24F2N2O/c1-2-19-15(13-6-3-7-14(17)16(13)18)8-10-20-9-4-5-12(21)11-20/h3,6-7,12,15,19,21H,2,4-5,8-11H2,1H3. The third-order valence-corrected chi connectivity index (χ3v) is 4.02. The zero-order valence-electron chi connectivity index (χ0n) is 12.5. The number of halogens is 2. The lowest BCUT2D eigenvalue weighted by molar-refractivity contribution is 0.0685. The van der Waals surface area contributed by atoms with Gasteiger partial charge in [-0.2, -0.15) is 0 Å². The van der Waals surface area contributed by atoms with Gasteiger partial charge in [-0.05, 0) is 38.4 Å². The summed E-state index contributed by atoms with van der Waals surface area (Å²) in [6.45, 7) is 5.05. The lowest BCUT2D eigenvalue weighted by Gasteiger charge is -2.31. The fraction of sp³-hybridized carbons (Fsp3) is 0.625. The summed E-state index contributed by atoms with van der Waals surface area (Å²) in [5, 5.41) is 12.9. The monoisotopic (exact) mass is 298 g/mol. The van der Waals surface area contributed by atoms with E-state index in [0.717, 1.165) is 32.0 Å². The molecule has 21 heavy (non-hydrogen) atoms. The molecule has 1 saturated heterocycles. The molecule has 0 bridgehead atoms. The van der Waals surface area contributed by atoms with Gasteiger partial charge in [-0.3, -0.25) is 0 Å². The molecule has 118 valence electrons. The second-order valence-corrected chi connectivity index (χ2v) is 5.64. The van der Waals surface area contributed by atoms with Crippen molar-refractivity contribution in [3.8, 4) is 0 Å². The number of likely N-dealkylation sites (tertiary alicyclic amines) is 1. The third kappa shape index (κ3) is 4.46. The molecule has 0 amide bonds. The fourth-order valence-electron chi connectivity index (χ4n) is 2.95. The molecule has 1 aromatic rings. The van der Waals surface area contributed by atoms with Crippen molar-refractivity contribution in [3.05, 3.63) is 35.4 Å². The first-order valence-corrected chi connectivity index (χ1v) is 7.69. The Hall–Kier alpha value is -1.04. The Balaban J connectivity index is 2.00. The van der Waals surface area contributed by atoms with Crippen LogP contribution in [0, 0.1) is 11.6 Å². The number of rotatable bonds is 6. The first kappa shape index (κ1) is 16.3. The number of hydrogen-bond donors (Lipinski definition) is 2. The van der Waals surface area contributed by atoms with Crippen LogP contribution in [0.25, 0.3) is 0 Å². The van der Waals surface area contributed by atoms with E-state index in [0.29, 0.717) is 25.1 Å². The number of aliphatic hydroxyl groups is 1. The molecule has 1 heterocycles. The number of nitrogens with one attached hydrogen (secondary N) is 1. The van der Waals surface area contributed by atoms with E-state index in [4.69, 9.17) is 0 Å². The molecular weight excluding hydrogens is 274 g/mol. The van der Waals surface area contributed by atoms with Gasteiger partial charge < -0.3 is 15.3 Å². The zero-order valence-corrected chi connectivity index (χ0v) is 12.5. The van der Waals surface area contributed by atoms with Crippen molar-refractivity contribution in [2.75, 3.05) is 26.2 Å². The van der Waals surface area contributed by atoms with E-state index in [1.54, 1.807) is 12.1 Å². The number of nitrogens with zero attached hydrogens (tertiary/aromatic N) is 1. The van der Waals surface area contributed by atoms with Crippen LogP contribution in [0.15, 0.2) is 18.2 Å². The second kappa shape index (κ2) is 7.82. The Labute approximate surface area is 125 Å². The number of β-amino-alcohol motifs (C(OH)–C–C–N with tert-alkyl or cyclic N) is 1. The third-order valence-electron chi connectivity index (χ3n) is 4.02. The number of benzene rings is 1. The van der Waals surface area contributed by atoms with Crippen LogP contribution < -0.4 is 5.32 Å². The van der Waals surface area contributed by atoms with E-state index in [9.17, 15) is 13.9 Å². The van der Waals surface area contributed by atoms with Gasteiger partial charge in [0.05, 0.1) is 6.10 Å². The highest BCUT2D eigenvalue weighted by atomic mass is 19.2. The zero-order chi connectivity index (χ0) is 15.2. The van der Waals surface area contributed by atoms with Crippen molar-refractivity contribution in [1.82, 2.24) is 10.2 Å². The van der Waals surface area contributed by atoms with Crippen LogP contribution in [-0.4, -0.2) is 42.3 Å². The minimum absolute atomic E-state index is 0.204. The van der Waals surface area contributed by atoms with Gasteiger partial charge in [-0.15, -0.1) is 0 Å². The lowest BCUT2D eigenvalue weighted by Crippen LogP contribution is -2.40. The minimum atomic E-state index is -0.802. The van der Waals surface area contributed by atoms with Crippen molar-refractivity contribution in [1.29, 1.82) is 0 Å². The van der Waals surface area contributed by atoms with Crippen LogP contribution in [0.1, 0.15) is 37.8 Å². The summed E-state index contributed by atoms with van der Waals surface area (Å²) in [5.41, 5.74) is 0.384. The van der Waals surface area contributed by atoms with Crippen molar-refractivity contribution in [2.45, 2.75) is 38.3 Å². The molecule has 2 rings (SSSR count). The predicted molar refractivity (Wildman–Crippen MR) is 79.1 cm³/mol. The van der Waals surface area contributed by atoms with Crippen LogP contribution in [0.4, 0.5) is 8.78 Å². The van der Waals surface area contributed by atoms with Gasteiger partial charge in [0.2, 0.25) is 0 Å². The predicted octanol–water partition coefficient (Wildman–Crippen LogP) is 2.46. The molecule has 0 aliphatic carbocycles. The SMILES string of the molecule is CCNC(CCN1CCCC(O)C1)c1cccc(F)c1F. The Morgan fingerprint density at radius 3 is 2.95 bits per heavy atom. The maximum Gasteiger partial charge on any atom is 0.163 e. The fourth-order valence-corrected chi connectivity index (χ4v) is 2.95. The Bertz CT molecular complexity index is 456. The molecule has 1 aliphatic heterocycles. The summed E-state index contributed by atoms with van der Waals surface area (Å²) in [7, 11) is 0. The number of hydrogen-bond acceptors (Lipinski definition) is 3. The van der Waals surface area contributed by atoms with E-state index in [1.165, 1.54) is 0 Å². The van der Waals surface area contributed by atoms with Gasteiger partial charge in [0.1, 0.15) is 0 Å². The number of aliphatic hydroxyl groups excluding tert-OH is 1. The molecule has 0 radical (unpaired) electrons. The van der Waals surface area contributed by atoms with E-state index < -0.39 is 11.6 Å². The van der Waals surface area contributed by atoms with E-state index in [1.807, 2.05) is 6.92 Å². The summed E-state index contributed by atoms with van der Waals surface area (Å²) in [6, 6.07) is 4.12. The Morgan fingerprint density at radius 1 is 1.43 bits per heavy atom. The minimum Gasteiger partial charge on any atom is -0.392 e. The van der Waals surface area contributed by atoms with E-state index in [-0.39, 0.29) is 12.1 Å². The molecule has 1 fully saturated rings. The Kier molecular flexibility index (Phi) is 6.08. The van der Waals surface area contributed by atoms with Crippen LogP contribution in [0.3, 0.4) is 0 Å². The van der Waals surface area contributed by atoms with Gasteiger partial charge in [-0.25, -0.2) is 8.78 Å². The van der Waals surface area contributed by atoms with Gasteiger partial charge >= 0.3 is 0 Å². The van der Waals surface area contributed by atoms with Crippen LogP contribution in [0.2, 0.25) is 0 Å². The maximum atomic E-state index is 13.9. The molecule has 1 aromatic carbocycles. The molecule has 5 heteroatoms. The quantitative estimate of drug-likeness (QED) is 0.847. The topological polar surface area (TPSA) is 35.5 Å². The normalized spacial score (nSPS) is 21.4. The maximum absolute atomic E-state index is 13.9. The number of piperidine rings is 1. The van der Waals surface area contributed by atoms with Crippen LogP contribution in [-0.2, 0) is 0 Å². The van der Waals surface area contributed by atoms with Crippen LogP contribution in [0.5, 0.6) is 0 Å². The molecule has 1 aliphatic rings. The molecule has 2 N–H and O–H groups in total. The van der Waals surface area contributed by atoms with Crippen LogP contribution >= 0.6 is 0 Å². The summed E-state index contributed by atoms with van der Waals surface area (Å²) in [5.74, 6) is -1.56. The van der Waals surface area contributed by atoms with Gasteiger partial charge in [0.15, 0.2) is 11.6 Å². The molecule has 0 spiro atoms. The van der Waals surface area contributed by atoms with Gasteiger partial charge in [0, 0.05) is 24.7 Å². The van der Waals surface area contributed by atoms with Gasteiger partial charge in [-0.1, -0.05) is 19.1 Å². The highest BCUT2D eigenvalue weighted by molar-refractivity contribution is 5.22. The highest BCUT2D eigenvalue weighted by Gasteiger charge is 2.21. The summed E-state index contributed by atoms with van der Waals surface area (Å²) in [4.78, 5) is 2.19.